The minimum Gasteiger partial charge on any atom is -0.367 e. The molecule has 2 atom stereocenters. The van der Waals surface area contributed by atoms with E-state index in [9.17, 15) is 0 Å². The molecule has 2 aliphatic carbocycles. The topological polar surface area (TPSA) is 3.24 Å². The molecule has 3 aromatic carbocycles. The lowest BCUT2D eigenvalue weighted by Gasteiger charge is -2.52. The molecule has 2 unspecified atom stereocenters. The van der Waals surface area contributed by atoms with Gasteiger partial charge < -0.3 is 4.90 Å². The molecule has 1 spiro atoms. The Bertz CT molecular complexity index is 1070. The van der Waals surface area contributed by atoms with Crippen LogP contribution in [0.3, 0.4) is 0 Å². The summed E-state index contributed by atoms with van der Waals surface area (Å²) in [6.45, 7) is 0. The van der Waals surface area contributed by atoms with Gasteiger partial charge in [-0.05, 0) is 33.9 Å². The predicted octanol–water partition coefficient (Wildman–Crippen LogP) is 5.56. The van der Waals surface area contributed by atoms with Crippen LogP contribution in [0, 0.1) is 5.92 Å². The Hall–Kier alpha value is -3.06. The highest BCUT2D eigenvalue weighted by molar-refractivity contribution is 5.86. The third-order valence-electron chi connectivity index (χ3n) is 6.76. The molecule has 1 heteroatoms. The summed E-state index contributed by atoms with van der Waals surface area (Å²) < 4.78 is 0. The lowest BCUT2D eigenvalue weighted by atomic mass is 9.58. The van der Waals surface area contributed by atoms with Crippen molar-refractivity contribution in [2.24, 2.45) is 5.92 Å². The van der Waals surface area contributed by atoms with Crippen LogP contribution in [0.5, 0.6) is 0 Å². The van der Waals surface area contributed by atoms with Crippen LogP contribution in [0.15, 0.2) is 97.1 Å². The van der Waals surface area contributed by atoms with Gasteiger partial charge in [-0.15, -0.1) is 0 Å². The zero-order valence-electron chi connectivity index (χ0n) is 15.3. The van der Waals surface area contributed by atoms with Gasteiger partial charge in [0.05, 0.1) is 11.5 Å². The molecule has 0 saturated carbocycles. The number of benzene rings is 3. The molecule has 1 heterocycles. The molecule has 6 rings (SSSR count). The van der Waals surface area contributed by atoms with E-state index in [0.717, 1.165) is 0 Å². The van der Waals surface area contributed by atoms with Gasteiger partial charge in [-0.2, -0.15) is 0 Å². The first-order chi connectivity index (χ1) is 13.3. The first kappa shape index (κ1) is 15.0. The zero-order chi connectivity index (χ0) is 18.0. The molecule has 0 bridgehead atoms. The lowest BCUT2D eigenvalue weighted by molar-refractivity contribution is 0.385. The molecule has 0 fully saturated rings. The molecule has 3 aromatic rings. The highest BCUT2D eigenvalue weighted by Crippen LogP contribution is 2.61. The minimum absolute atomic E-state index is 0.137. The molecule has 0 saturated heterocycles. The van der Waals surface area contributed by atoms with E-state index in [4.69, 9.17) is 0 Å². The summed E-state index contributed by atoms with van der Waals surface area (Å²) in [6, 6.07) is 27.4. The number of hydrogen-bond donors (Lipinski definition) is 0. The van der Waals surface area contributed by atoms with E-state index in [1.165, 1.54) is 33.5 Å². The summed E-state index contributed by atoms with van der Waals surface area (Å²) in [5.41, 5.74) is 8.28. The van der Waals surface area contributed by atoms with E-state index >= 15 is 0 Å². The van der Waals surface area contributed by atoms with E-state index in [1.807, 2.05) is 0 Å². The summed E-state index contributed by atoms with van der Waals surface area (Å²) in [5, 5.41) is 0. The molecule has 1 aliphatic heterocycles. The number of fused-ring (bicyclic) bond motifs is 9. The average Bonchev–Trinajstić information content (AvgIpc) is 3.04. The molecule has 1 nitrogen and oxygen atoms in total. The largest absolute Gasteiger partial charge is 0.367 e. The van der Waals surface area contributed by atoms with E-state index < -0.39 is 0 Å². The monoisotopic (exact) mass is 347 g/mol. The smallest absolute Gasteiger partial charge is 0.0569 e. The van der Waals surface area contributed by atoms with E-state index in [1.54, 1.807) is 0 Å². The van der Waals surface area contributed by atoms with Crippen LogP contribution in [-0.4, -0.2) is 13.1 Å². The van der Waals surface area contributed by atoms with Crippen LogP contribution in [0.1, 0.15) is 16.7 Å². The van der Waals surface area contributed by atoms with Crippen LogP contribution < -0.4 is 4.90 Å². The number of rotatable bonds is 0. The average molecular weight is 347 g/mol. The molecule has 0 N–H and O–H groups in total. The first-order valence-electron chi connectivity index (χ1n) is 9.70. The van der Waals surface area contributed by atoms with Gasteiger partial charge in [0.1, 0.15) is 0 Å². The van der Waals surface area contributed by atoms with E-state index in [0.29, 0.717) is 12.0 Å². The maximum absolute atomic E-state index is 2.45. The van der Waals surface area contributed by atoms with Gasteiger partial charge in [0, 0.05) is 18.7 Å². The normalized spacial score (nSPS) is 22.9. The Morgan fingerprint density at radius 1 is 0.667 bits per heavy atom. The number of likely N-dealkylation sites (N-methyl/N-ethyl adjacent to an activating group) is 1. The Balaban J connectivity index is 1.81. The van der Waals surface area contributed by atoms with Gasteiger partial charge in [-0.3, -0.25) is 0 Å². The van der Waals surface area contributed by atoms with E-state index in [2.05, 4.69) is 109 Å². The molecule has 3 aliphatic rings. The molecular formula is C26H21N. The van der Waals surface area contributed by atoms with Crippen molar-refractivity contribution >= 4 is 5.69 Å². The number of para-hydroxylation sites is 1. The Morgan fingerprint density at radius 2 is 1.22 bits per heavy atom. The number of nitrogens with zero attached hydrogens (tertiary/aromatic N) is 1. The maximum atomic E-state index is 2.45. The van der Waals surface area contributed by atoms with Gasteiger partial charge in [-0.25, -0.2) is 0 Å². The fourth-order valence-electron chi connectivity index (χ4n) is 5.74. The van der Waals surface area contributed by atoms with Crippen LogP contribution in [0.25, 0.3) is 11.1 Å². The Kier molecular flexibility index (Phi) is 2.91. The third-order valence-corrected chi connectivity index (χ3v) is 6.76. The minimum atomic E-state index is -0.137. The van der Waals surface area contributed by atoms with Gasteiger partial charge in [0.2, 0.25) is 0 Å². The van der Waals surface area contributed by atoms with Crippen molar-refractivity contribution in [2.75, 3.05) is 11.9 Å². The number of anilines is 1. The van der Waals surface area contributed by atoms with Crippen molar-refractivity contribution in [1.29, 1.82) is 0 Å². The molecule has 0 amide bonds. The maximum Gasteiger partial charge on any atom is 0.0569 e. The lowest BCUT2D eigenvalue weighted by Crippen LogP contribution is -2.53. The van der Waals surface area contributed by atoms with Crippen LogP contribution in [-0.2, 0) is 5.41 Å². The van der Waals surface area contributed by atoms with Crippen molar-refractivity contribution in [3.05, 3.63) is 114 Å². The summed E-state index contributed by atoms with van der Waals surface area (Å²) >= 11 is 0. The zero-order valence-corrected chi connectivity index (χ0v) is 15.3. The van der Waals surface area contributed by atoms with Crippen LogP contribution in [0.2, 0.25) is 0 Å². The SMILES string of the molecule is CN1c2ccccc2C2(c3ccccc3-c3ccccc32)C2C=CC=CC21. The molecule has 0 aromatic heterocycles. The fraction of sp³-hybridized carbons (Fsp3) is 0.154. The van der Waals surface area contributed by atoms with E-state index in [-0.39, 0.29) is 5.41 Å². The third kappa shape index (κ3) is 1.70. The van der Waals surface area contributed by atoms with Crippen LogP contribution >= 0.6 is 0 Å². The number of allylic oxidation sites excluding steroid dienone is 2. The standard InChI is InChI=1S/C26H21N/c1-27-24-16-8-6-14-22(24)26(23-15-7-9-17-25(23)27)20-12-4-2-10-18(20)19-11-3-5-13-21(19)26/h2-17,22,24H,1H3. The predicted molar refractivity (Wildman–Crippen MR) is 112 cm³/mol. The van der Waals surface area contributed by atoms with Gasteiger partial charge >= 0.3 is 0 Å². The van der Waals surface area contributed by atoms with Crippen molar-refractivity contribution < 1.29 is 0 Å². The molecule has 0 radical (unpaired) electrons. The highest BCUT2D eigenvalue weighted by atomic mass is 15.2. The number of hydrogen-bond acceptors (Lipinski definition) is 1. The Labute approximate surface area is 160 Å². The first-order valence-corrected chi connectivity index (χ1v) is 9.70. The summed E-state index contributed by atoms with van der Waals surface area (Å²) in [6.07, 6.45) is 9.22. The van der Waals surface area contributed by atoms with Crippen molar-refractivity contribution in [3.8, 4) is 11.1 Å². The van der Waals surface area contributed by atoms with Crippen LogP contribution in [0.4, 0.5) is 5.69 Å². The molecule has 27 heavy (non-hydrogen) atoms. The highest BCUT2D eigenvalue weighted by Gasteiger charge is 2.55. The molecular weight excluding hydrogens is 326 g/mol. The quantitative estimate of drug-likeness (QED) is 0.514. The van der Waals surface area contributed by atoms with Crippen molar-refractivity contribution in [2.45, 2.75) is 11.5 Å². The van der Waals surface area contributed by atoms with Gasteiger partial charge in [0.15, 0.2) is 0 Å². The van der Waals surface area contributed by atoms with Crippen molar-refractivity contribution in [1.82, 2.24) is 0 Å². The molecule has 130 valence electrons. The second-order valence-electron chi connectivity index (χ2n) is 7.81. The fourth-order valence-corrected chi connectivity index (χ4v) is 5.74. The second kappa shape index (κ2) is 5.23. The summed E-state index contributed by atoms with van der Waals surface area (Å²) in [4.78, 5) is 2.45. The summed E-state index contributed by atoms with van der Waals surface area (Å²) in [5.74, 6) is 0.368. The Morgan fingerprint density at radius 3 is 1.93 bits per heavy atom. The van der Waals surface area contributed by atoms with Gasteiger partial charge in [0.25, 0.3) is 0 Å². The van der Waals surface area contributed by atoms with Gasteiger partial charge in [-0.1, -0.05) is 91.0 Å². The summed E-state index contributed by atoms with van der Waals surface area (Å²) in [7, 11) is 2.24. The van der Waals surface area contributed by atoms with Crippen molar-refractivity contribution in [3.63, 3.8) is 0 Å². The second-order valence-corrected chi connectivity index (χ2v) is 7.81.